The van der Waals surface area contributed by atoms with Crippen LogP contribution in [-0.4, -0.2) is 35.5 Å². The fraction of sp³-hybridized carbons (Fsp3) is 0.320. The van der Waals surface area contributed by atoms with Crippen molar-refractivity contribution < 1.29 is 4.79 Å². The third-order valence-corrected chi connectivity index (χ3v) is 6.10. The molecule has 0 saturated carbocycles. The summed E-state index contributed by atoms with van der Waals surface area (Å²) in [5, 5.41) is 3.26. The molecule has 1 atom stereocenters. The van der Waals surface area contributed by atoms with Gasteiger partial charge in [-0.25, -0.2) is 4.98 Å². The lowest BCUT2D eigenvalue weighted by molar-refractivity contribution is -0.125. The summed E-state index contributed by atoms with van der Waals surface area (Å²) in [5.74, 6) is 0.909. The summed E-state index contributed by atoms with van der Waals surface area (Å²) in [6, 6.07) is 20.8. The second-order valence-corrected chi connectivity index (χ2v) is 8.13. The molecule has 30 heavy (non-hydrogen) atoms. The molecular weight excluding hydrogens is 372 g/mol. The van der Waals surface area contributed by atoms with Crippen molar-refractivity contribution in [1.82, 2.24) is 15.3 Å². The molecule has 1 aliphatic heterocycles. The lowest BCUT2D eigenvalue weighted by Gasteiger charge is -2.35. The highest BCUT2D eigenvalue weighted by atomic mass is 16.1. The van der Waals surface area contributed by atoms with Crippen molar-refractivity contribution in [2.24, 2.45) is 5.92 Å². The molecule has 4 rings (SSSR count). The quantitative estimate of drug-likeness (QED) is 0.683. The van der Waals surface area contributed by atoms with Crippen LogP contribution in [0.25, 0.3) is 0 Å². The van der Waals surface area contributed by atoms with Gasteiger partial charge in [0.25, 0.3) is 0 Å². The van der Waals surface area contributed by atoms with Crippen LogP contribution in [0, 0.1) is 5.92 Å². The Kier molecular flexibility index (Phi) is 6.07. The maximum atomic E-state index is 13.1. The Balaban J connectivity index is 1.48. The molecular formula is C25H28N4O. The average molecular weight is 401 g/mol. The predicted octanol–water partition coefficient (Wildman–Crippen LogP) is 3.82. The summed E-state index contributed by atoms with van der Waals surface area (Å²) in [6.45, 7) is 4.35. The largest absolute Gasteiger partial charge is 0.355 e. The number of piperidine rings is 1. The minimum atomic E-state index is -0.294. The lowest BCUT2D eigenvalue weighted by Crippen LogP contribution is -2.47. The Hall–Kier alpha value is -3.21. The number of nitrogens with zero attached hydrogens (tertiary/aromatic N) is 3. The number of hydrogen-bond donors (Lipinski definition) is 1. The molecule has 154 valence electrons. The highest BCUT2D eigenvalue weighted by molar-refractivity contribution is 5.79. The number of carbonyl (C=O) groups is 1. The summed E-state index contributed by atoms with van der Waals surface area (Å²) in [5.41, 5.74) is 2.10. The van der Waals surface area contributed by atoms with E-state index >= 15 is 0 Å². The van der Waals surface area contributed by atoms with E-state index in [9.17, 15) is 4.79 Å². The van der Waals surface area contributed by atoms with Gasteiger partial charge < -0.3 is 10.2 Å². The van der Waals surface area contributed by atoms with Crippen LogP contribution in [0.15, 0.2) is 79.3 Å². The van der Waals surface area contributed by atoms with Gasteiger partial charge in [-0.3, -0.25) is 9.78 Å². The van der Waals surface area contributed by atoms with Crippen LogP contribution in [0.2, 0.25) is 0 Å². The van der Waals surface area contributed by atoms with Crippen molar-refractivity contribution >= 4 is 11.7 Å². The third-order valence-electron chi connectivity index (χ3n) is 6.10. The molecule has 0 radical (unpaired) electrons. The Morgan fingerprint density at radius 2 is 1.73 bits per heavy atom. The van der Waals surface area contributed by atoms with E-state index in [0.29, 0.717) is 13.1 Å². The molecule has 0 unspecified atom stereocenters. The molecule has 5 heteroatoms. The van der Waals surface area contributed by atoms with E-state index in [0.717, 1.165) is 25.2 Å². The SMILES string of the molecule is CC(CNC(=O)[C@H]1CCCN(c2cnccn2)C1)(c1ccccc1)c1ccccc1. The van der Waals surface area contributed by atoms with Gasteiger partial charge >= 0.3 is 0 Å². The van der Waals surface area contributed by atoms with Crippen LogP contribution in [0.5, 0.6) is 0 Å². The normalized spacial score (nSPS) is 16.8. The van der Waals surface area contributed by atoms with Gasteiger partial charge in [-0.1, -0.05) is 60.7 Å². The van der Waals surface area contributed by atoms with E-state index in [4.69, 9.17) is 0 Å². The molecule has 1 saturated heterocycles. The Morgan fingerprint density at radius 3 is 2.33 bits per heavy atom. The number of anilines is 1. The second kappa shape index (κ2) is 9.08. The molecule has 0 aliphatic carbocycles. The van der Waals surface area contributed by atoms with Crippen molar-refractivity contribution in [3.63, 3.8) is 0 Å². The summed E-state index contributed by atoms with van der Waals surface area (Å²) in [7, 11) is 0. The first-order chi connectivity index (χ1) is 14.7. The topological polar surface area (TPSA) is 58.1 Å². The van der Waals surface area contributed by atoms with Gasteiger partial charge in [0, 0.05) is 37.4 Å². The van der Waals surface area contributed by atoms with E-state index < -0.39 is 0 Å². The molecule has 1 aromatic heterocycles. The molecule has 1 amide bonds. The van der Waals surface area contributed by atoms with Crippen molar-refractivity contribution in [2.75, 3.05) is 24.5 Å². The van der Waals surface area contributed by atoms with Gasteiger partial charge in [0.2, 0.25) is 5.91 Å². The van der Waals surface area contributed by atoms with Crippen molar-refractivity contribution in [3.8, 4) is 0 Å². The number of aromatic nitrogens is 2. The maximum absolute atomic E-state index is 13.1. The molecule has 2 aromatic carbocycles. The van der Waals surface area contributed by atoms with Gasteiger partial charge in [-0.15, -0.1) is 0 Å². The number of rotatable bonds is 6. The smallest absolute Gasteiger partial charge is 0.224 e. The van der Waals surface area contributed by atoms with Crippen LogP contribution >= 0.6 is 0 Å². The first-order valence-corrected chi connectivity index (χ1v) is 10.6. The van der Waals surface area contributed by atoms with E-state index in [1.165, 1.54) is 11.1 Å². The fourth-order valence-corrected chi connectivity index (χ4v) is 4.24. The number of benzene rings is 2. The van der Waals surface area contributed by atoms with E-state index in [-0.39, 0.29) is 17.2 Å². The summed E-state index contributed by atoms with van der Waals surface area (Å²) in [4.78, 5) is 23.8. The first-order valence-electron chi connectivity index (χ1n) is 10.6. The minimum absolute atomic E-state index is 0.0449. The van der Waals surface area contributed by atoms with E-state index in [1.807, 2.05) is 12.1 Å². The Labute approximate surface area is 178 Å². The second-order valence-electron chi connectivity index (χ2n) is 8.13. The van der Waals surface area contributed by atoms with Crippen molar-refractivity contribution in [2.45, 2.75) is 25.2 Å². The number of amides is 1. The monoisotopic (exact) mass is 400 g/mol. The average Bonchev–Trinajstić information content (AvgIpc) is 2.84. The van der Waals surface area contributed by atoms with E-state index in [1.54, 1.807) is 18.6 Å². The molecule has 3 aromatic rings. The number of carbonyl (C=O) groups excluding carboxylic acids is 1. The highest BCUT2D eigenvalue weighted by Gasteiger charge is 2.32. The maximum Gasteiger partial charge on any atom is 0.224 e. The minimum Gasteiger partial charge on any atom is -0.355 e. The molecule has 1 N–H and O–H groups in total. The first kappa shape index (κ1) is 20.1. The standard InChI is InChI=1S/C25H28N4O/c1-25(21-10-4-2-5-11-21,22-12-6-3-7-13-22)19-28-24(30)20-9-8-16-29(18-20)23-17-26-14-15-27-23/h2-7,10-15,17,20H,8-9,16,18-19H2,1H3,(H,28,30)/t20-/m0/s1. The van der Waals surface area contributed by atoms with Gasteiger partial charge in [0.1, 0.15) is 5.82 Å². The van der Waals surface area contributed by atoms with Gasteiger partial charge in [0.15, 0.2) is 0 Å². The molecule has 2 heterocycles. The number of nitrogens with one attached hydrogen (secondary N) is 1. The summed E-state index contributed by atoms with van der Waals surface area (Å²) >= 11 is 0. The molecule has 0 bridgehead atoms. The van der Waals surface area contributed by atoms with Crippen LogP contribution in [0.1, 0.15) is 30.9 Å². The van der Waals surface area contributed by atoms with Crippen molar-refractivity contribution in [3.05, 3.63) is 90.4 Å². The molecule has 1 fully saturated rings. The Bertz CT molecular complexity index is 907. The summed E-state index contributed by atoms with van der Waals surface area (Å²) in [6.07, 6.45) is 7.01. The molecule has 0 spiro atoms. The third kappa shape index (κ3) is 4.35. The fourth-order valence-electron chi connectivity index (χ4n) is 4.24. The van der Waals surface area contributed by atoms with Crippen LogP contribution in [0.4, 0.5) is 5.82 Å². The zero-order valence-corrected chi connectivity index (χ0v) is 17.4. The summed E-state index contributed by atoms with van der Waals surface area (Å²) < 4.78 is 0. The van der Waals surface area contributed by atoms with Crippen LogP contribution in [0.3, 0.4) is 0 Å². The van der Waals surface area contributed by atoms with Crippen molar-refractivity contribution in [1.29, 1.82) is 0 Å². The van der Waals surface area contributed by atoms with Gasteiger partial charge in [0.05, 0.1) is 12.1 Å². The zero-order chi connectivity index (χ0) is 20.8. The Morgan fingerprint density at radius 1 is 1.07 bits per heavy atom. The highest BCUT2D eigenvalue weighted by Crippen LogP contribution is 2.31. The lowest BCUT2D eigenvalue weighted by atomic mass is 9.76. The van der Waals surface area contributed by atoms with E-state index in [2.05, 4.69) is 75.6 Å². The van der Waals surface area contributed by atoms with Crippen LogP contribution in [-0.2, 0) is 10.2 Å². The predicted molar refractivity (Wildman–Crippen MR) is 119 cm³/mol. The van der Waals surface area contributed by atoms with Gasteiger partial charge in [-0.2, -0.15) is 0 Å². The zero-order valence-electron chi connectivity index (χ0n) is 17.4. The van der Waals surface area contributed by atoms with Gasteiger partial charge in [-0.05, 0) is 30.9 Å². The number of hydrogen-bond acceptors (Lipinski definition) is 4. The molecule has 1 aliphatic rings. The van der Waals surface area contributed by atoms with Crippen LogP contribution < -0.4 is 10.2 Å². The molecule has 5 nitrogen and oxygen atoms in total.